The summed E-state index contributed by atoms with van der Waals surface area (Å²) in [7, 11) is 2.11. The molecular formula is C25H30ClN9O. The number of nitrogens with two attached hydrogens (primary N) is 1. The number of carbonyl (C=O) groups is 1. The number of carbonyl (C=O) groups excluding carboxylic acids is 1. The van der Waals surface area contributed by atoms with E-state index in [-0.39, 0.29) is 12.1 Å². The van der Waals surface area contributed by atoms with Crippen molar-refractivity contribution in [3.8, 4) is 0 Å². The van der Waals surface area contributed by atoms with Crippen LogP contribution in [0.5, 0.6) is 0 Å². The lowest BCUT2D eigenvalue weighted by Gasteiger charge is -2.41. The van der Waals surface area contributed by atoms with Gasteiger partial charge in [-0.3, -0.25) is 0 Å². The maximum Gasteiger partial charge on any atom is 0.318 e. The van der Waals surface area contributed by atoms with E-state index in [4.69, 9.17) is 22.3 Å². The Bertz CT molecular complexity index is 1390. The molecule has 188 valence electrons. The van der Waals surface area contributed by atoms with Crippen molar-refractivity contribution in [3.63, 3.8) is 0 Å². The van der Waals surface area contributed by atoms with E-state index in [1.54, 1.807) is 6.20 Å². The van der Waals surface area contributed by atoms with E-state index in [1.165, 1.54) is 6.33 Å². The third-order valence-electron chi connectivity index (χ3n) is 7.55. The van der Waals surface area contributed by atoms with Gasteiger partial charge in [0.15, 0.2) is 5.82 Å². The summed E-state index contributed by atoms with van der Waals surface area (Å²) in [4.78, 5) is 35.8. The summed E-state index contributed by atoms with van der Waals surface area (Å²) in [5.41, 5.74) is 9.93. The smallest absolute Gasteiger partial charge is 0.318 e. The molecular weight excluding hydrogens is 478 g/mol. The number of fused-ring (bicyclic) bond motifs is 4. The van der Waals surface area contributed by atoms with Gasteiger partial charge in [0, 0.05) is 35.6 Å². The zero-order chi connectivity index (χ0) is 25.2. The van der Waals surface area contributed by atoms with Crippen LogP contribution in [0.1, 0.15) is 48.9 Å². The van der Waals surface area contributed by atoms with Crippen LogP contribution in [0.3, 0.4) is 0 Å². The molecule has 3 aromatic rings. The number of piperidine rings is 1. The van der Waals surface area contributed by atoms with Crippen LogP contribution in [0, 0.1) is 0 Å². The molecule has 0 radical (unpaired) electrons. The fraction of sp³-hybridized carbons (Fsp3) is 0.480. The number of likely N-dealkylation sites (tertiary alicyclic amines) is 1. The van der Waals surface area contributed by atoms with Gasteiger partial charge in [0.25, 0.3) is 0 Å². The Balaban J connectivity index is 1.44. The maximum atomic E-state index is 13.5. The average Bonchev–Trinajstić information content (AvgIpc) is 3.36. The molecule has 3 N–H and O–H groups in total. The number of pyridine rings is 1. The Morgan fingerprint density at radius 3 is 2.75 bits per heavy atom. The van der Waals surface area contributed by atoms with Crippen LogP contribution in [0.15, 0.2) is 29.6 Å². The summed E-state index contributed by atoms with van der Waals surface area (Å²) in [5, 5.41) is 3.49. The zero-order valence-corrected chi connectivity index (χ0v) is 21.5. The van der Waals surface area contributed by atoms with Crippen molar-refractivity contribution in [2.75, 3.05) is 32.4 Å². The van der Waals surface area contributed by atoms with Gasteiger partial charge < -0.3 is 25.4 Å². The Hall–Kier alpha value is -3.24. The van der Waals surface area contributed by atoms with Crippen molar-refractivity contribution in [2.45, 2.75) is 50.2 Å². The number of nitrogen functional groups attached to an aromatic ring is 1. The van der Waals surface area contributed by atoms with Gasteiger partial charge >= 0.3 is 6.03 Å². The normalized spacial score (nSPS) is 21.8. The van der Waals surface area contributed by atoms with Crippen LogP contribution < -0.4 is 11.1 Å². The van der Waals surface area contributed by atoms with E-state index in [2.05, 4.69) is 50.6 Å². The first-order valence-corrected chi connectivity index (χ1v) is 12.7. The lowest BCUT2D eigenvalue weighted by molar-refractivity contribution is 0.135. The van der Waals surface area contributed by atoms with Gasteiger partial charge in [0.1, 0.15) is 23.2 Å². The first kappa shape index (κ1) is 23.2. The molecule has 0 saturated carbocycles. The Labute approximate surface area is 214 Å². The second-order valence-electron chi connectivity index (χ2n) is 10.6. The van der Waals surface area contributed by atoms with Crippen molar-refractivity contribution in [1.29, 1.82) is 0 Å². The molecule has 3 aromatic heterocycles. The highest BCUT2D eigenvalue weighted by molar-refractivity contribution is 6.39. The van der Waals surface area contributed by atoms with E-state index < -0.39 is 10.9 Å². The van der Waals surface area contributed by atoms with E-state index in [1.807, 2.05) is 17.0 Å². The number of alkyl halides is 1. The second kappa shape index (κ2) is 8.41. The largest absolute Gasteiger partial charge is 0.383 e. The fourth-order valence-electron chi connectivity index (χ4n) is 5.80. The van der Waals surface area contributed by atoms with Gasteiger partial charge in [-0.1, -0.05) is 6.07 Å². The lowest BCUT2D eigenvalue weighted by Crippen LogP contribution is -2.54. The summed E-state index contributed by atoms with van der Waals surface area (Å²) in [6, 6.07) is 3.92. The molecule has 11 heteroatoms. The molecule has 0 spiro atoms. The van der Waals surface area contributed by atoms with Gasteiger partial charge in [-0.2, -0.15) is 0 Å². The lowest BCUT2D eigenvalue weighted by atomic mass is 9.97. The number of urea groups is 1. The summed E-state index contributed by atoms with van der Waals surface area (Å²) >= 11 is 6.95. The molecule has 1 fully saturated rings. The molecule has 3 aliphatic rings. The topological polar surface area (TPSA) is 118 Å². The number of aliphatic imine (C=N–C) groups is 1. The standard InChI is InChI=1S/C25H30ClN9O/c1-25(2)12-34(24(36)31-14-6-9-33(3)10-7-14)11-16-17(18-21(27)29-13-30-23(18)35(16)25)20-19(26)15-5-4-8-28-22(15)32-20/h4-5,8,13-14,19H,6-7,9-12H2,1-3H3,(H,31,36)(H2,27,29,30). The predicted octanol–water partition coefficient (Wildman–Crippen LogP) is 3.18. The summed E-state index contributed by atoms with van der Waals surface area (Å²) in [5.74, 6) is 0.966. The highest BCUT2D eigenvalue weighted by Gasteiger charge is 2.41. The fourth-order valence-corrected chi connectivity index (χ4v) is 6.13. The first-order chi connectivity index (χ1) is 17.2. The van der Waals surface area contributed by atoms with Gasteiger partial charge in [-0.05, 0) is 52.9 Å². The average molecular weight is 508 g/mol. The number of aromatic nitrogens is 4. The minimum absolute atomic E-state index is 0.0557. The van der Waals surface area contributed by atoms with Crippen LogP contribution in [-0.4, -0.2) is 73.8 Å². The molecule has 1 atom stereocenters. The van der Waals surface area contributed by atoms with Gasteiger partial charge in [-0.15, -0.1) is 11.6 Å². The Morgan fingerprint density at radius 1 is 1.22 bits per heavy atom. The van der Waals surface area contributed by atoms with Crippen LogP contribution in [0.4, 0.5) is 16.4 Å². The van der Waals surface area contributed by atoms with Crippen molar-refractivity contribution >= 4 is 46.0 Å². The number of anilines is 1. The number of halogens is 1. The van der Waals surface area contributed by atoms with Gasteiger partial charge in [-0.25, -0.2) is 24.7 Å². The second-order valence-corrected chi connectivity index (χ2v) is 11.0. The maximum absolute atomic E-state index is 13.5. The first-order valence-electron chi connectivity index (χ1n) is 12.3. The van der Waals surface area contributed by atoms with Crippen molar-refractivity contribution in [3.05, 3.63) is 41.5 Å². The number of nitrogens with one attached hydrogen (secondary N) is 1. The highest BCUT2D eigenvalue weighted by atomic mass is 35.5. The monoisotopic (exact) mass is 507 g/mol. The molecule has 3 aliphatic heterocycles. The molecule has 6 rings (SSSR count). The minimum Gasteiger partial charge on any atom is -0.383 e. The number of hydrogen-bond acceptors (Lipinski definition) is 7. The molecule has 0 aromatic carbocycles. The Morgan fingerprint density at radius 2 is 2.00 bits per heavy atom. The molecule has 36 heavy (non-hydrogen) atoms. The van der Waals surface area contributed by atoms with Crippen LogP contribution in [0.25, 0.3) is 11.0 Å². The summed E-state index contributed by atoms with van der Waals surface area (Å²) in [6.45, 7) is 7.11. The SMILES string of the molecule is CN1CCC(NC(=O)N2Cc3c(C4=Nc5ncccc5C4Cl)c4c(N)ncnc4n3C(C)(C)C2)CC1. The van der Waals surface area contributed by atoms with Gasteiger partial charge in [0.2, 0.25) is 0 Å². The molecule has 2 amide bonds. The third kappa shape index (κ3) is 3.62. The number of nitrogens with zero attached hydrogens (tertiary/aromatic N) is 7. The highest BCUT2D eigenvalue weighted by Crippen LogP contribution is 2.45. The van der Waals surface area contributed by atoms with E-state index in [9.17, 15) is 4.79 Å². The molecule has 0 bridgehead atoms. The van der Waals surface area contributed by atoms with E-state index >= 15 is 0 Å². The van der Waals surface area contributed by atoms with Crippen LogP contribution in [-0.2, 0) is 12.1 Å². The van der Waals surface area contributed by atoms with Crippen molar-refractivity contribution in [2.24, 2.45) is 4.99 Å². The predicted molar refractivity (Wildman–Crippen MR) is 140 cm³/mol. The quantitative estimate of drug-likeness (QED) is 0.514. The molecule has 1 saturated heterocycles. The molecule has 6 heterocycles. The van der Waals surface area contributed by atoms with Crippen molar-refractivity contribution < 1.29 is 4.79 Å². The van der Waals surface area contributed by atoms with Gasteiger partial charge in [0.05, 0.1) is 23.2 Å². The molecule has 0 aliphatic carbocycles. The Kier molecular flexibility index (Phi) is 5.42. The summed E-state index contributed by atoms with van der Waals surface area (Å²) < 4.78 is 2.18. The molecule has 10 nitrogen and oxygen atoms in total. The van der Waals surface area contributed by atoms with Crippen LogP contribution >= 0.6 is 11.6 Å². The van der Waals surface area contributed by atoms with E-state index in [0.717, 1.165) is 53.8 Å². The van der Waals surface area contributed by atoms with Crippen molar-refractivity contribution in [1.82, 2.24) is 34.6 Å². The number of rotatable bonds is 2. The summed E-state index contributed by atoms with van der Waals surface area (Å²) in [6.07, 6.45) is 5.09. The number of amides is 2. The number of hydrogen-bond donors (Lipinski definition) is 2. The molecule has 1 unspecified atom stereocenters. The third-order valence-corrected chi connectivity index (χ3v) is 7.99. The minimum atomic E-state index is -0.491. The zero-order valence-electron chi connectivity index (χ0n) is 20.7. The van der Waals surface area contributed by atoms with Crippen LogP contribution in [0.2, 0.25) is 0 Å². The van der Waals surface area contributed by atoms with E-state index in [0.29, 0.717) is 30.4 Å².